The molecule has 2 aromatic rings. The number of carbonyl (C=O) groups is 1. The van der Waals surface area contributed by atoms with Gasteiger partial charge in [0.2, 0.25) is 0 Å². The lowest BCUT2D eigenvalue weighted by molar-refractivity contribution is -0.147. The fourth-order valence-corrected chi connectivity index (χ4v) is 2.12. The van der Waals surface area contributed by atoms with Crippen molar-refractivity contribution in [1.82, 2.24) is 0 Å². The molecule has 0 saturated carbocycles. The van der Waals surface area contributed by atoms with Crippen molar-refractivity contribution in [3.8, 4) is 11.1 Å². The van der Waals surface area contributed by atoms with Gasteiger partial charge in [-0.1, -0.05) is 42.5 Å². The molecule has 0 radical (unpaired) electrons. The van der Waals surface area contributed by atoms with E-state index in [1.165, 1.54) is 13.0 Å². The number of hydrogen-bond donors (Lipinski definition) is 1. The first-order valence-corrected chi connectivity index (χ1v) is 7.18. The van der Waals surface area contributed by atoms with Gasteiger partial charge in [-0.15, -0.1) is 0 Å². The van der Waals surface area contributed by atoms with E-state index in [-0.39, 0.29) is 12.4 Å². The van der Waals surface area contributed by atoms with E-state index in [4.69, 9.17) is 9.84 Å². The van der Waals surface area contributed by atoms with Crippen LogP contribution in [0, 0.1) is 5.82 Å². The molecule has 0 spiro atoms. The van der Waals surface area contributed by atoms with Gasteiger partial charge in [0.25, 0.3) is 0 Å². The van der Waals surface area contributed by atoms with Crippen molar-refractivity contribution in [3.05, 3.63) is 59.9 Å². The third kappa shape index (κ3) is 3.92. The zero-order chi connectivity index (χ0) is 16.1. The van der Waals surface area contributed by atoms with Crippen LogP contribution in [0.3, 0.4) is 0 Å². The van der Waals surface area contributed by atoms with E-state index >= 15 is 0 Å². The molecule has 0 bridgehead atoms. The maximum Gasteiger partial charge on any atom is 0.313 e. The second-order valence-corrected chi connectivity index (χ2v) is 5.31. The molecule has 22 heavy (non-hydrogen) atoms. The van der Waals surface area contributed by atoms with Crippen molar-refractivity contribution in [1.29, 1.82) is 0 Å². The van der Waals surface area contributed by atoms with Gasteiger partial charge < -0.3 is 9.84 Å². The molecule has 116 valence electrons. The molecular weight excluding hydrogens is 283 g/mol. The molecule has 0 aromatic heterocycles. The Hall–Kier alpha value is -2.20. The summed E-state index contributed by atoms with van der Waals surface area (Å²) in [6, 6.07) is 14.0. The van der Waals surface area contributed by atoms with Gasteiger partial charge in [0.1, 0.15) is 12.4 Å². The Morgan fingerprint density at radius 1 is 1.18 bits per heavy atom. The van der Waals surface area contributed by atoms with Gasteiger partial charge in [0.05, 0.1) is 12.0 Å². The Morgan fingerprint density at radius 3 is 2.45 bits per heavy atom. The molecule has 0 aliphatic carbocycles. The number of rotatable bonds is 5. The van der Waals surface area contributed by atoms with Gasteiger partial charge in [0, 0.05) is 5.56 Å². The summed E-state index contributed by atoms with van der Waals surface area (Å²) < 4.78 is 19.2. The molecule has 0 heterocycles. The SMILES string of the molecule is CC(O)COC(=O)[C@@H](C)c1ccc(-c2ccccc2)c(F)c1. The summed E-state index contributed by atoms with van der Waals surface area (Å²) in [5, 5.41) is 9.12. The van der Waals surface area contributed by atoms with Crippen LogP contribution < -0.4 is 0 Å². The number of hydrogen-bond acceptors (Lipinski definition) is 3. The van der Waals surface area contributed by atoms with Crippen LogP contribution in [-0.4, -0.2) is 23.8 Å². The zero-order valence-corrected chi connectivity index (χ0v) is 12.6. The first-order chi connectivity index (χ1) is 10.5. The molecule has 1 unspecified atom stereocenters. The van der Waals surface area contributed by atoms with Gasteiger partial charge in [-0.25, -0.2) is 4.39 Å². The molecule has 2 atom stereocenters. The highest BCUT2D eigenvalue weighted by molar-refractivity contribution is 5.78. The molecule has 2 aromatic carbocycles. The monoisotopic (exact) mass is 302 g/mol. The van der Waals surface area contributed by atoms with E-state index in [1.54, 1.807) is 19.1 Å². The van der Waals surface area contributed by atoms with Gasteiger partial charge in [-0.05, 0) is 31.0 Å². The van der Waals surface area contributed by atoms with Crippen LogP contribution in [0.4, 0.5) is 4.39 Å². The van der Waals surface area contributed by atoms with Crippen molar-refractivity contribution in [3.63, 3.8) is 0 Å². The van der Waals surface area contributed by atoms with Crippen LogP contribution in [0.25, 0.3) is 11.1 Å². The predicted molar refractivity (Wildman–Crippen MR) is 82.9 cm³/mol. The van der Waals surface area contributed by atoms with Gasteiger partial charge in [0.15, 0.2) is 0 Å². The third-order valence-corrected chi connectivity index (χ3v) is 3.40. The zero-order valence-electron chi connectivity index (χ0n) is 12.6. The van der Waals surface area contributed by atoms with E-state index in [0.29, 0.717) is 11.1 Å². The molecular formula is C18H19FO3. The summed E-state index contributed by atoms with van der Waals surface area (Å²) in [5.74, 6) is -1.44. The Morgan fingerprint density at radius 2 is 1.86 bits per heavy atom. The van der Waals surface area contributed by atoms with Crippen molar-refractivity contribution in [2.24, 2.45) is 0 Å². The topological polar surface area (TPSA) is 46.5 Å². The standard InChI is InChI=1S/C18H19FO3/c1-12(20)11-22-18(21)13(2)15-8-9-16(17(19)10-15)14-6-4-3-5-7-14/h3-10,12-13,20H,11H2,1-2H3/t12?,13-/m0/s1. The maximum atomic E-state index is 14.3. The average molecular weight is 302 g/mol. The minimum Gasteiger partial charge on any atom is -0.462 e. The Kier molecular flexibility index (Phi) is 5.28. The Balaban J connectivity index is 2.17. The van der Waals surface area contributed by atoms with E-state index in [2.05, 4.69) is 0 Å². The van der Waals surface area contributed by atoms with Crippen LogP contribution in [-0.2, 0) is 9.53 Å². The molecule has 0 aliphatic rings. The van der Waals surface area contributed by atoms with Crippen LogP contribution in [0.1, 0.15) is 25.3 Å². The van der Waals surface area contributed by atoms with Crippen molar-refractivity contribution >= 4 is 5.97 Å². The molecule has 4 heteroatoms. The number of esters is 1. The molecule has 0 aliphatic heterocycles. The minimum absolute atomic E-state index is 0.0618. The summed E-state index contributed by atoms with van der Waals surface area (Å²) in [6.07, 6.45) is -0.714. The normalized spacial score (nSPS) is 13.5. The first-order valence-electron chi connectivity index (χ1n) is 7.18. The fourth-order valence-electron chi connectivity index (χ4n) is 2.12. The van der Waals surface area contributed by atoms with Gasteiger partial charge >= 0.3 is 5.97 Å². The minimum atomic E-state index is -0.714. The highest BCUT2D eigenvalue weighted by Crippen LogP contribution is 2.26. The van der Waals surface area contributed by atoms with E-state index < -0.39 is 18.0 Å². The third-order valence-electron chi connectivity index (χ3n) is 3.40. The van der Waals surface area contributed by atoms with E-state index in [9.17, 15) is 9.18 Å². The highest BCUT2D eigenvalue weighted by Gasteiger charge is 2.19. The molecule has 1 N–H and O–H groups in total. The van der Waals surface area contributed by atoms with Gasteiger partial charge in [-0.2, -0.15) is 0 Å². The molecule has 0 fully saturated rings. The van der Waals surface area contributed by atoms with Crippen LogP contribution >= 0.6 is 0 Å². The number of benzene rings is 2. The Labute approximate surface area is 129 Å². The van der Waals surface area contributed by atoms with Crippen molar-refractivity contribution in [2.75, 3.05) is 6.61 Å². The maximum absolute atomic E-state index is 14.3. The Bertz CT molecular complexity index is 638. The lowest BCUT2D eigenvalue weighted by atomic mass is 9.97. The fraction of sp³-hybridized carbons (Fsp3) is 0.278. The van der Waals surface area contributed by atoms with Crippen LogP contribution in [0.2, 0.25) is 0 Å². The second-order valence-electron chi connectivity index (χ2n) is 5.31. The van der Waals surface area contributed by atoms with E-state index in [0.717, 1.165) is 5.56 Å². The largest absolute Gasteiger partial charge is 0.462 e. The molecule has 0 amide bonds. The first kappa shape index (κ1) is 16.2. The molecule has 0 saturated heterocycles. The number of halogens is 1. The number of carbonyl (C=O) groups excluding carboxylic acids is 1. The predicted octanol–water partition coefficient (Wildman–Crippen LogP) is 3.52. The number of ether oxygens (including phenoxy) is 1. The van der Waals surface area contributed by atoms with Crippen molar-refractivity contribution < 1.29 is 19.0 Å². The van der Waals surface area contributed by atoms with Crippen molar-refractivity contribution in [2.45, 2.75) is 25.9 Å². The van der Waals surface area contributed by atoms with Crippen LogP contribution in [0.5, 0.6) is 0 Å². The molecule has 2 rings (SSSR count). The molecule has 3 nitrogen and oxygen atoms in total. The summed E-state index contributed by atoms with van der Waals surface area (Å²) in [5.41, 5.74) is 1.83. The number of aliphatic hydroxyl groups is 1. The average Bonchev–Trinajstić information content (AvgIpc) is 2.52. The second kappa shape index (κ2) is 7.18. The highest BCUT2D eigenvalue weighted by atomic mass is 19.1. The summed E-state index contributed by atoms with van der Waals surface area (Å²) in [7, 11) is 0. The summed E-state index contributed by atoms with van der Waals surface area (Å²) >= 11 is 0. The lowest BCUT2D eigenvalue weighted by Gasteiger charge is -2.14. The van der Waals surface area contributed by atoms with E-state index in [1.807, 2.05) is 30.3 Å². The van der Waals surface area contributed by atoms with Gasteiger partial charge in [-0.3, -0.25) is 4.79 Å². The van der Waals surface area contributed by atoms with Crippen LogP contribution in [0.15, 0.2) is 48.5 Å². The smallest absolute Gasteiger partial charge is 0.313 e. The summed E-state index contributed by atoms with van der Waals surface area (Å²) in [6.45, 7) is 3.13. The summed E-state index contributed by atoms with van der Waals surface area (Å²) in [4.78, 5) is 11.9. The number of aliphatic hydroxyl groups excluding tert-OH is 1. The lowest BCUT2D eigenvalue weighted by Crippen LogP contribution is -2.19. The quantitative estimate of drug-likeness (QED) is 0.860.